The van der Waals surface area contributed by atoms with E-state index < -0.39 is 18.5 Å². The van der Waals surface area contributed by atoms with E-state index in [-0.39, 0.29) is 12.1 Å². The van der Waals surface area contributed by atoms with Gasteiger partial charge in [0.2, 0.25) is 0 Å². The van der Waals surface area contributed by atoms with E-state index in [2.05, 4.69) is 0 Å². The molecule has 6 heteroatoms. The number of aldehydes is 1. The van der Waals surface area contributed by atoms with E-state index in [9.17, 15) is 14.4 Å². The fourth-order valence-corrected chi connectivity index (χ4v) is 1.99. The summed E-state index contributed by atoms with van der Waals surface area (Å²) in [5.41, 5.74) is 1.22. The summed E-state index contributed by atoms with van der Waals surface area (Å²) in [6, 6.07) is 16.4. The summed E-state index contributed by atoms with van der Waals surface area (Å²) < 4.78 is 4.98. The van der Waals surface area contributed by atoms with Gasteiger partial charge < -0.3 is 4.74 Å². The molecule has 0 aliphatic heterocycles. The van der Waals surface area contributed by atoms with Gasteiger partial charge in [0.15, 0.2) is 6.61 Å². The topological polar surface area (TPSA) is 87.5 Å². The molecule has 0 N–H and O–H groups in total. The lowest BCUT2D eigenvalue weighted by molar-refractivity contribution is -0.121. The minimum absolute atomic E-state index is 0.144. The Morgan fingerprint density at radius 1 is 1.08 bits per heavy atom. The Labute approximate surface area is 138 Å². The van der Waals surface area contributed by atoms with Crippen LogP contribution in [0.25, 0.3) is 0 Å². The van der Waals surface area contributed by atoms with Gasteiger partial charge in [0, 0.05) is 11.3 Å². The third-order valence-electron chi connectivity index (χ3n) is 3.21. The zero-order valence-corrected chi connectivity index (χ0v) is 12.7. The molecule has 2 rings (SSSR count). The molecule has 0 aliphatic carbocycles. The summed E-state index contributed by atoms with van der Waals surface area (Å²) in [6.45, 7) is -0.626. The molecule has 0 saturated heterocycles. The van der Waals surface area contributed by atoms with Gasteiger partial charge in [-0.3, -0.25) is 14.5 Å². The van der Waals surface area contributed by atoms with E-state index in [4.69, 9.17) is 10.00 Å². The zero-order chi connectivity index (χ0) is 17.4. The van der Waals surface area contributed by atoms with Crippen molar-refractivity contribution >= 4 is 23.9 Å². The molecule has 0 aromatic heterocycles. The van der Waals surface area contributed by atoms with E-state index >= 15 is 0 Å². The monoisotopic (exact) mass is 322 g/mol. The maximum absolute atomic E-state index is 12.2. The highest BCUT2D eigenvalue weighted by Crippen LogP contribution is 2.13. The number of anilines is 1. The lowest BCUT2D eigenvalue weighted by Crippen LogP contribution is -2.35. The van der Waals surface area contributed by atoms with Gasteiger partial charge in [-0.25, -0.2) is 4.79 Å². The summed E-state index contributed by atoms with van der Waals surface area (Å²) >= 11 is 0. The van der Waals surface area contributed by atoms with Gasteiger partial charge >= 0.3 is 5.97 Å². The average molecular weight is 322 g/mol. The molecular formula is C18H14N2O4. The number of rotatable bonds is 6. The third-order valence-corrected chi connectivity index (χ3v) is 3.21. The van der Waals surface area contributed by atoms with E-state index in [1.165, 1.54) is 29.2 Å². The van der Waals surface area contributed by atoms with Crippen LogP contribution in [0.15, 0.2) is 54.6 Å². The molecule has 0 spiro atoms. The molecule has 120 valence electrons. The Bertz CT molecular complexity index is 764. The number of hydrogen-bond donors (Lipinski definition) is 0. The van der Waals surface area contributed by atoms with Crippen molar-refractivity contribution in [2.24, 2.45) is 0 Å². The molecular weight excluding hydrogens is 308 g/mol. The molecule has 0 fully saturated rings. The third kappa shape index (κ3) is 4.27. The molecule has 0 radical (unpaired) electrons. The molecule has 0 aliphatic rings. The lowest BCUT2D eigenvalue weighted by atomic mass is 10.1. The predicted octanol–water partition coefficient (Wildman–Crippen LogP) is 2.21. The normalized spacial score (nSPS) is 9.62. The molecule has 24 heavy (non-hydrogen) atoms. The molecule has 0 bridgehead atoms. The van der Waals surface area contributed by atoms with Crippen molar-refractivity contribution in [2.45, 2.75) is 0 Å². The second kappa shape index (κ2) is 8.25. The number of nitrogens with zero attached hydrogens (tertiary/aromatic N) is 2. The van der Waals surface area contributed by atoms with Crippen LogP contribution in [0.4, 0.5) is 5.69 Å². The number of hydrogen-bond acceptors (Lipinski definition) is 5. The summed E-state index contributed by atoms with van der Waals surface area (Å²) in [6.07, 6.45) is 0.665. The minimum atomic E-state index is -0.675. The number of amides is 1. The Morgan fingerprint density at radius 2 is 1.75 bits per heavy atom. The van der Waals surface area contributed by atoms with Gasteiger partial charge in [0.1, 0.15) is 12.8 Å². The van der Waals surface area contributed by atoms with Crippen LogP contribution in [0, 0.1) is 11.3 Å². The fourth-order valence-electron chi connectivity index (χ4n) is 1.99. The lowest BCUT2D eigenvalue weighted by Gasteiger charge is -2.19. The first-order chi connectivity index (χ1) is 11.7. The molecule has 6 nitrogen and oxygen atoms in total. The van der Waals surface area contributed by atoms with Gasteiger partial charge in [-0.2, -0.15) is 5.26 Å². The maximum Gasteiger partial charge on any atom is 0.338 e. The van der Waals surface area contributed by atoms with Crippen molar-refractivity contribution in [1.82, 2.24) is 0 Å². The van der Waals surface area contributed by atoms with Gasteiger partial charge in [-0.15, -0.1) is 0 Å². The Kier molecular flexibility index (Phi) is 5.81. The van der Waals surface area contributed by atoms with Crippen molar-refractivity contribution in [3.63, 3.8) is 0 Å². The molecule has 2 aromatic carbocycles. The second-order valence-corrected chi connectivity index (χ2v) is 4.79. The van der Waals surface area contributed by atoms with Gasteiger partial charge in [0.05, 0.1) is 11.6 Å². The first-order valence-electron chi connectivity index (χ1n) is 7.10. The van der Waals surface area contributed by atoms with Crippen LogP contribution >= 0.6 is 0 Å². The number of carbonyl (C=O) groups is 3. The predicted molar refractivity (Wildman–Crippen MR) is 86.5 cm³/mol. The van der Waals surface area contributed by atoms with Gasteiger partial charge in [-0.05, 0) is 24.3 Å². The van der Waals surface area contributed by atoms with Crippen molar-refractivity contribution in [3.8, 4) is 6.07 Å². The first-order valence-corrected chi connectivity index (χ1v) is 7.10. The number of esters is 1. The van der Waals surface area contributed by atoms with Crippen LogP contribution in [0.2, 0.25) is 0 Å². The van der Waals surface area contributed by atoms with E-state index in [0.717, 1.165) is 0 Å². The highest BCUT2D eigenvalue weighted by molar-refractivity contribution is 5.97. The largest absolute Gasteiger partial charge is 0.452 e. The van der Waals surface area contributed by atoms with Crippen molar-refractivity contribution in [3.05, 3.63) is 65.7 Å². The van der Waals surface area contributed by atoms with Crippen molar-refractivity contribution < 1.29 is 19.1 Å². The van der Waals surface area contributed by atoms with Crippen LogP contribution in [-0.4, -0.2) is 31.3 Å². The first kappa shape index (κ1) is 16.9. The molecule has 0 unspecified atom stereocenters. The highest BCUT2D eigenvalue weighted by Gasteiger charge is 2.17. The Hall–Kier alpha value is -3.46. The summed E-state index contributed by atoms with van der Waals surface area (Å²) in [7, 11) is 0. The van der Waals surface area contributed by atoms with E-state index in [0.29, 0.717) is 17.5 Å². The molecule has 1 amide bonds. The Balaban J connectivity index is 2.00. The quantitative estimate of drug-likeness (QED) is 0.462. The number of carbonyl (C=O) groups excluding carboxylic acids is 3. The minimum Gasteiger partial charge on any atom is -0.452 e. The van der Waals surface area contributed by atoms with Crippen LogP contribution in [-0.2, 0) is 9.53 Å². The Morgan fingerprint density at radius 3 is 2.33 bits per heavy atom. The molecule has 0 heterocycles. The standard InChI is InChI=1S/C18H14N2O4/c19-10-11-20(16-4-2-1-3-5-16)17(22)13-24-18(23)15-8-6-14(12-21)7-9-15/h1-9,12H,11,13H2. The SMILES string of the molecule is N#CCN(C(=O)COC(=O)c1ccc(C=O)cc1)c1ccccc1. The van der Waals surface area contributed by atoms with Crippen molar-refractivity contribution in [1.29, 1.82) is 5.26 Å². The number of ether oxygens (including phenoxy) is 1. The van der Waals surface area contributed by atoms with Gasteiger partial charge in [-0.1, -0.05) is 30.3 Å². The highest BCUT2D eigenvalue weighted by atomic mass is 16.5. The molecule has 0 saturated carbocycles. The second-order valence-electron chi connectivity index (χ2n) is 4.79. The summed E-state index contributed by atoms with van der Waals surface area (Å²) in [5, 5.41) is 8.87. The van der Waals surface area contributed by atoms with Crippen LogP contribution in [0.3, 0.4) is 0 Å². The fraction of sp³-hybridized carbons (Fsp3) is 0.111. The van der Waals surface area contributed by atoms with Crippen LogP contribution in [0.1, 0.15) is 20.7 Å². The smallest absolute Gasteiger partial charge is 0.338 e. The molecule has 0 atom stereocenters. The zero-order valence-electron chi connectivity index (χ0n) is 12.7. The van der Waals surface area contributed by atoms with Crippen LogP contribution in [0.5, 0.6) is 0 Å². The average Bonchev–Trinajstić information content (AvgIpc) is 2.64. The maximum atomic E-state index is 12.2. The van der Waals surface area contributed by atoms with Crippen molar-refractivity contribution in [2.75, 3.05) is 18.1 Å². The van der Waals surface area contributed by atoms with E-state index in [1.807, 2.05) is 6.07 Å². The molecule has 2 aromatic rings. The number of benzene rings is 2. The van der Waals surface area contributed by atoms with Gasteiger partial charge in [0.25, 0.3) is 5.91 Å². The summed E-state index contributed by atoms with van der Waals surface area (Å²) in [4.78, 5) is 36.0. The van der Waals surface area contributed by atoms with Crippen LogP contribution < -0.4 is 4.90 Å². The number of nitriles is 1. The number of para-hydroxylation sites is 1. The summed E-state index contributed by atoms with van der Waals surface area (Å²) in [5.74, 6) is -1.17. The van der Waals surface area contributed by atoms with E-state index in [1.54, 1.807) is 30.3 Å².